The Morgan fingerprint density at radius 3 is 3.00 bits per heavy atom. The van der Waals surface area contributed by atoms with E-state index in [0.717, 1.165) is 29.9 Å². The summed E-state index contributed by atoms with van der Waals surface area (Å²) in [5, 5.41) is 11.1. The highest BCUT2D eigenvalue weighted by Gasteiger charge is 2.29. The highest BCUT2D eigenvalue weighted by Crippen LogP contribution is 2.19. The first-order valence-electron chi connectivity index (χ1n) is 6.70. The Morgan fingerprint density at radius 1 is 1.58 bits per heavy atom. The van der Waals surface area contributed by atoms with Crippen molar-refractivity contribution in [2.75, 3.05) is 6.54 Å². The van der Waals surface area contributed by atoms with Gasteiger partial charge in [0.05, 0.1) is 11.9 Å². The zero-order valence-electron chi connectivity index (χ0n) is 11.6. The third-order valence-corrected chi connectivity index (χ3v) is 3.22. The van der Waals surface area contributed by atoms with E-state index in [9.17, 15) is 4.79 Å². The zero-order valence-corrected chi connectivity index (χ0v) is 11.6. The predicted octanol–water partition coefficient (Wildman–Crippen LogP) is 1.23. The molecule has 0 bridgehead atoms. The minimum Gasteiger partial charge on any atom is -0.382 e. The fourth-order valence-corrected chi connectivity index (χ4v) is 2.09. The minimum atomic E-state index is -0.508. The summed E-state index contributed by atoms with van der Waals surface area (Å²) in [6.07, 6.45) is 2.69. The fraction of sp³-hybridized carbons (Fsp3) is 0.615. The number of hydrogen-bond acceptors (Lipinski definition) is 4. The Hall–Kier alpha value is -1.85. The monoisotopic (exact) mass is 264 g/mol. The molecule has 2 rings (SSSR count). The number of aromatic nitrogens is 2. The smallest absolute Gasteiger partial charge is 0.264 e. The number of nitrogens with one attached hydrogen (secondary N) is 1. The van der Waals surface area contributed by atoms with E-state index in [-0.39, 0.29) is 5.91 Å². The maximum absolute atomic E-state index is 11.8. The summed E-state index contributed by atoms with van der Waals surface area (Å²) in [7, 11) is 0. The second kappa shape index (κ2) is 5.86. The molecule has 1 N–H and O–H groups in total. The van der Waals surface area contributed by atoms with E-state index in [1.54, 1.807) is 6.20 Å². The number of carbonyl (C=O) groups excluding carboxylic acids is 1. The summed E-state index contributed by atoms with van der Waals surface area (Å²) >= 11 is 0. The standard InChI is InChI=1S/C13H20N4O2/c1-4-6-14-13(18)12-7-11(16-19-12)10-8-15-17(5-2)9(10)3/h8,12H,4-7H2,1-3H3,(H,14,18)/t12-/m0/s1. The molecule has 0 aromatic carbocycles. The molecule has 1 aliphatic rings. The number of nitrogens with zero attached hydrogens (tertiary/aromatic N) is 3. The number of amides is 1. The van der Waals surface area contributed by atoms with Gasteiger partial charge in [-0.2, -0.15) is 5.10 Å². The van der Waals surface area contributed by atoms with Gasteiger partial charge in [-0.3, -0.25) is 9.48 Å². The third kappa shape index (κ3) is 2.77. The summed E-state index contributed by atoms with van der Waals surface area (Å²) in [6, 6.07) is 0. The van der Waals surface area contributed by atoms with Gasteiger partial charge in [0.1, 0.15) is 0 Å². The second-order valence-corrected chi connectivity index (χ2v) is 4.59. The molecule has 1 aromatic heterocycles. The molecule has 0 radical (unpaired) electrons. The van der Waals surface area contributed by atoms with Crippen LogP contribution < -0.4 is 5.32 Å². The van der Waals surface area contributed by atoms with Crippen molar-refractivity contribution in [1.29, 1.82) is 0 Å². The molecule has 2 heterocycles. The van der Waals surface area contributed by atoms with Gasteiger partial charge in [-0.15, -0.1) is 0 Å². The quantitative estimate of drug-likeness (QED) is 0.869. The van der Waals surface area contributed by atoms with Gasteiger partial charge >= 0.3 is 0 Å². The van der Waals surface area contributed by atoms with Crippen LogP contribution in [0.15, 0.2) is 11.4 Å². The first-order valence-corrected chi connectivity index (χ1v) is 6.70. The molecule has 6 heteroatoms. The molecular formula is C13H20N4O2. The predicted molar refractivity (Wildman–Crippen MR) is 72.0 cm³/mol. The molecule has 104 valence electrons. The maximum atomic E-state index is 11.8. The highest BCUT2D eigenvalue weighted by atomic mass is 16.6. The van der Waals surface area contributed by atoms with Crippen LogP contribution in [0.25, 0.3) is 0 Å². The molecule has 0 spiro atoms. The van der Waals surface area contributed by atoms with Crippen LogP contribution in [0.2, 0.25) is 0 Å². The Bertz CT molecular complexity index is 493. The van der Waals surface area contributed by atoms with Crippen molar-refractivity contribution in [3.8, 4) is 0 Å². The lowest BCUT2D eigenvalue weighted by Gasteiger charge is -2.08. The van der Waals surface area contributed by atoms with Gasteiger partial charge in [-0.1, -0.05) is 12.1 Å². The van der Waals surface area contributed by atoms with E-state index in [2.05, 4.69) is 15.6 Å². The summed E-state index contributed by atoms with van der Waals surface area (Å²) in [4.78, 5) is 17.0. The fourth-order valence-electron chi connectivity index (χ4n) is 2.09. The molecule has 1 aromatic rings. The van der Waals surface area contributed by atoms with Crippen molar-refractivity contribution in [3.63, 3.8) is 0 Å². The van der Waals surface area contributed by atoms with Crippen LogP contribution in [-0.2, 0) is 16.2 Å². The Morgan fingerprint density at radius 2 is 2.37 bits per heavy atom. The average molecular weight is 264 g/mol. The molecule has 0 unspecified atom stereocenters. The van der Waals surface area contributed by atoms with Crippen LogP contribution in [-0.4, -0.2) is 34.0 Å². The summed E-state index contributed by atoms with van der Waals surface area (Å²) in [5.41, 5.74) is 2.82. The highest BCUT2D eigenvalue weighted by molar-refractivity contribution is 6.04. The first-order chi connectivity index (χ1) is 9.17. The van der Waals surface area contributed by atoms with Gasteiger partial charge in [-0.05, 0) is 20.3 Å². The van der Waals surface area contributed by atoms with Crippen molar-refractivity contribution in [1.82, 2.24) is 15.1 Å². The molecule has 0 aliphatic carbocycles. The lowest BCUT2D eigenvalue weighted by Crippen LogP contribution is -2.35. The molecule has 19 heavy (non-hydrogen) atoms. The third-order valence-electron chi connectivity index (χ3n) is 3.22. The Labute approximate surface area is 112 Å². The van der Waals surface area contributed by atoms with E-state index in [0.29, 0.717) is 13.0 Å². The van der Waals surface area contributed by atoms with E-state index in [1.165, 1.54) is 0 Å². The molecular weight excluding hydrogens is 244 g/mol. The average Bonchev–Trinajstić information content (AvgIpc) is 3.02. The molecule has 0 saturated carbocycles. The summed E-state index contributed by atoms with van der Waals surface area (Å²) in [5.74, 6) is -0.0962. The van der Waals surface area contributed by atoms with Gasteiger partial charge in [0.15, 0.2) is 0 Å². The second-order valence-electron chi connectivity index (χ2n) is 4.59. The number of hydrogen-bond donors (Lipinski definition) is 1. The van der Waals surface area contributed by atoms with Gasteiger partial charge in [0.25, 0.3) is 5.91 Å². The molecule has 1 aliphatic heterocycles. The largest absolute Gasteiger partial charge is 0.382 e. The number of carbonyl (C=O) groups is 1. The molecule has 0 saturated heterocycles. The zero-order chi connectivity index (χ0) is 13.8. The lowest BCUT2D eigenvalue weighted by molar-refractivity contribution is -0.131. The summed E-state index contributed by atoms with van der Waals surface area (Å²) in [6.45, 7) is 7.54. The van der Waals surface area contributed by atoms with E-state index >= 15 is 0 Å². The van der Waals surface area contributed by atoms with Gasteiger partial charge in [0, 0.05) is 30.8 Å². The molecule has 0 fully saturated rings. The SMILES string of the molecule is CCCNC(=O)[C@@H]1CC(c2cnn(CC)c2C)=NO1. The molecule has 6 nitrogen and oxygen atoms in total. The number of rotatable bonds is 5. The Kier molecular flexibility index (Phi) is 4.19. The molecule has 1 atom stereocenters. The van der Waals surface area contributed by atoms with Crippen LogP contribution in [0.4, 0.5) is 0 Å². The van der Waals surface area contributed by atoms with Crippen molar-refractivity contribution in [2.24, 2.45) is 5.16 Å². The van der Waals surface area contributed by atoms with Gasteiger partial charge < -0.3 is 10.2 Å². The van der Waals surface area contributed by atoms with Crippen molar-refractivity contribution in [2.45, 2.75) is 46.3 Å². The summed E-state index contributed by atoms with van der Waals surface area (Å²) < 4.78 is 1.91. The topological polar surface area (TPSA) is 68.5 Å². The minimum absolute atomic E-state index is 0.0962. The van der Waals surface area contributed by atoms with Crippen molar-refractivity contribution in [3.05, 3.63) is 17.5 Å². The van der Waals surface area contributed by atoms with Crippen LogP contribution in [0, 0.1) is 6.92 Å². The van der Waals surface area contributed by atoms with Gasteiger partial charge in [0.2, 0.25) is 6.10 Å². The molecule has 1 amide bonds. The Balaban J connectivity index is 2.01. The maximum Gasteiger partial charge on any atom is 0.264 e. The van der Waals surface area contributed by atoms with Crippen LogP contribution in [0.5, 0.6) is 0 Å². The van der Waals surface area contributed by atoms with Gasteiger partial charge in [-0.25, -0.2) is 0 Å². The van der Waals surface area contributed by atoms with E-state index in [1.807, 2.05) is 25.5 Å². The van der Waals surface area contributed by atoms with Crippen molar-refractivity contribution < 1.29 is 9.63 Å². The van der Waals surface area contributed by atoms with Crippen LogP contribution in [0.1, 0.15) is 37.9 Å². The normalized spacial score (nSPS) is 18.1. The van der Waals surface area contributed by atoms with E-state index < -0.39 is 6.10 Å². The van der Waals surface area contributed by atoms with E-state index in [4.69, 9.17) is 4.84 Å². The van der Waals surface area contributed by atoms with Crippen molar-refractivity contribution >= 4 is 11.6 Å². The number of aryl methyl sites for hydroxylation is 1. The first kappa shape index (κ1) is 13.6. The number of oxime groups is 1. The lowest BCUT2D eigenvalue weighted by atomic mass is 10.1. The van der Waals surface area contributed by atoms with Crippen LogP contribution in [0.3, 0.4) is 0 Å². The van der Waals surface area contributed by atoms with Crippen LogP contribution >= 0.6 is 0 Å².